The van der Waals surface area contributed by atoms with Crippen molar-refractivity contribution in [3.63, 3.8) is 0 Å². The molecule has 2 saturated carbocycles. The third-order valence-electron chi connectivity index (χ3n) is 5.57. The molecule has 0 amide bonds. The van der Waals surface area contributed by atoms with Gasteiger partial charge in [-0.05, 0) is 55.4 Å². The van der Waals surface area contributed by atoms with E-state index < -0.39 is 0 Å². The van der Waals surface area contributed by atoms with Crippen LogP contribution >= 0.6 is 0 Å². The topological polar surface area (TPSA) is 57.5 Å². The Kier molecular flexibility index (Phi) is 2.87. The lowest BCUT2D eigenvalue weighted by molar-refractivity contribution is -0.122. The molecule has 2 N–H and O–H groups in total. The molecule has 0 aromatic heterocycles. The van der Waals surface area contributed by atoms with Crippen LogP contribution in [0.4, 0.5) is 0 Å². The molecular formula is C15H22O3. The monoisotopic (exact) mass is 250 g/mol. The van der Waals surface area contributed by atoms with Crippen LogP contribution in [0.1, 0.15) is 45.4 Å². The Labute approximate surface area is 108 Å². The smallest absolute Gasteiger partial charge is 0.155 e. The predicted molar refractivity (Wildman–Crippen MR) is 67.9 cm³/mol. The van der Waals surface area contributed by atoms with E-state index in [0.29, 0.717) is 12.8 Å². The van der Waals surface area contributed by atoms with Crippen molar-refractivity contribution in [3.05, 3.63) is 11.6 Å². The van der Waals surface area contributed by atoms with Crippen LogP contribution in [0, 0.1) is 17.3 Å². The second-order valence-corrected chi connectivity index (χ2v) is 6.49. The zero-order valence-corrected chi connectivity index (χ0v) is 10.9. The minimum Gasteiger partial charge on any atom is -0.393 e. The van der Waals surface area contributed by atoms with Gasteiger partial charge in [-0.3, -0.25) is 4.79 Å². The molecule has 3 nitrogen and oxygen atoms in total. The predicted octanol–water partition coefficient (Wildman–Crippen LogP) is 1.82. The van der Waals surface area contributed by atoms with Gasteiger partial charge in [-0.25, -0.2) is 0 Å². The van der Waals surface area contributed by atoms with E-state index in [2.05, 4.69) is 6.92 Å². The Morgan fingerprint density at radius 1 is 1.17 bits per heavy atom. The Balaban J connectivity index is 1.99. The standard InChI is InChI=1S/C15H22O3/c1-15-7-6-10(16)8-9(15)2-3-11-12(17)4-5-13(18)14(11)15/h8,11-14,17-18H,2-7H2,1H3/t11-,12+,13-,14-,15+/m1/s1. The molecular weight excluding hydrogens is 228 g/mol. The molecule has 3 aliphatic carbocycles. The molecule has 0 heterocycles. The lowest BCUT2D eigenvalue weighted by atomic mass is 9.52. The van der Waals surface area contributed by atoms with Crippen molar-refractivity contribution in [1.29, 1.82) is 0 Å². The highest BCUT2D eigenvalue weighted by molar-refractivity contribution is 5.91. The number of carbonyl (C=O) groups excluding carboxylic acids is 1. The van der Waals surface area contributed by atoms with Gasteiger partial charge in [0.15, 0.2) is 5.78 Å². The van der Waals surface area contributed by atoms with Gasteiger partial charge >= 0.3 is 0 Å². The summed E-state index contributed by atoms with van der Waals surface area (Å²) in [5, 5.41) is 20.6. The molecule has 0 spiro atoms. The van der Waals surface area contributed by atoms with Crippen LogP contribution in [0.2, 0.25) is 0 Å². The summed E-state index contributed by atoms with van der Waals surface area (Å²) < 4.78 is 0. The van der Waals surface area contributed by atoms with E-state index in [4.69, 9.17) is 0 Å². The molecule has 0 radical (unpaired) electrons. The Morgan fingerprint density at radius 3 is 2.67 bits per heavy atom. The lowest BCUT2D eigenvalue weighted by Crippen LogP contribution is -2.53. The first kappa shape index (κ1) is 12.4. The van der Waals surface area contributed by atoms with E-state index in [9.17, 15) is 15.0 Å². The SMILES string of the molecule is C[C@]12CCC(=O)C=C1CC[C@H]1[C@@H]2[C@H](O)CC[C@@H]1O. The number of carbonyl (C=O) groups is 1. The van der Waals surface area contributed by atoms with Crippen LogP contribution < -0.4 is 0 Å². The maximum atomic E-state index is 11.6. The molecule has 0 aromatic carbocycles. The van der Waals surface area contributed by atoms with Gasteiger partial charge in [0, 0.05) is 6.42 Å². The number of aliphatic hydroxyl groups excluding tert-OH is 2. The summed E-state index contributed by atoms with van der Waals surface area (Å²) in [6.07, 6.45) is 5.89. The molecule has 5 atom stereocenters. The molecule has 0 aliphatic heterocycles. The summed E-state index contributed by atoms with van der Waals surface area (Å²) in [5.74, 6) is 0.574. The fourth-order valence-corrected chi connectivity index (χ4v) is 4.56. The zero-order valence-electron chi connectivity index (χ0n) is 10.9. The molecule has 0 saturated heterocycles. The van der Waals surface area contributed by atoms with Crippen molar-refractivity contribution in [1.82, 2.24) is 0 Å². The molecule has 0 bridgehead atoms. The first-order chi connectivity index (χ1) is 8.52. The molecule has 0 aromatic rings. The Bertz CT molecular complexity index is 401. The van der Waals surface area contributed by atoms with Gasteiger partial charge < -0.3 is 10.2 Å². The van der Waals surface area contributed by atoms with Crippen LogP contribution in [0.25, 0.3) is 0 Å². The molecule has 3 aliphatic rings. The summed E-state index contributed by atoms with van der Waals surface area (Å²) in [7, 11) is 0. The number of aliphatic hydroxyl groups is 2. The molecule has 3 heteroatoms. The number of rotatable bonds is 0. The largest absolute Gasteiger partial charge is 0.393 e. The summed E-state index contributed by atoms with van der Waals surface area (Å²) >= 11 is 0. The summed E-state index contributed by atoms with van der Waals surface area (Å²) in [4.78, 5) is 11.6. The van der Waals surface area contributed by atoms with E-state index in [1.165, 1.54) is 5.57 Å². The Hall–Kier alpha value is -0.670. The van der Waals surface area contributed by atoms with Crippen molar-refractivity contribution in [2.75, 3.05) is 0 Å². The van der Waals surface area contributed by atoms with Gasteiger partial charge in [0.05, 0.1) is 12.2 Å². The molecule has 2 fully saturated rings. The van der Waals surface area contributed by atoms with Crippen molar-refractivity contribution >= 4 is 5.78 Å². The highest BCUT2D eigenvalue weighted by Crippen LogP contribution is 2.56. The van der Waals surface area contributed by atoms with Crippen LogP contribution in [0.3, 0.4) is 0 Å². The zero-order chi connectivity index (χ0) is 12.9. The lowest BCUT2D eigenvalue weighted by Gasteiger charge is -2.54. The molecule has 18 heavy (non-hydrogen) atoms. The number of hydrogen-bond donors (Lipinski definition) is 2. The number of allylic oxidation sites excluding steroid dienone is 2. The van der Waals surface area contributed by atoms with E-state index in [1.807, 2.05) is 6.08 Å². The van der Waals surface area contributed by atoms with Gasteiger partial charge in [-0.1, -0.05) is 12.5 Å². The van der Waals surface area contributed by atoms with Gasteiger partial charge in [0.2, 0.25) is 0 Å². The van der Waals surface area contributed by atoms with E-state index >= 15 is 0 Å². The number of hydrogen-bond acceptors (Lipinski definition) is 3. The van der Waals surface area contributed by atoms with E-state index in [1.54, 1.807) is 0 Å². The second-order valence-electron chi connectivity index (χ2n) is 6.49. The first-order valence-corrected chi connectivity index (χ1v) is 7.12. The average Bonchev–Trinajstić information content (AvgIpc) is 2.34. The van der Waals surface area contributed by atoms with Gasteiger partial charge in [0.1, 0.15) is 0 Å². The first-order valence-electron chi connectivity index (χ1n) is 7.12. The maximum absolute atomic E-state index is 11.6. The van der Waals surface area contributed by atoms with Gasteiger partial charge in [-0.15, -0.1) is 0 Å². The van der Waals surface area contributed by atoms with Crippen molar-refractivity contribution in [3.8, 4) is 0 Å². The normalized spacial score (nSPS) is 48.2. The van der Waals surface area contributed by atoms with Crippen LogP contribution in [-0.2, 0) is 4.79 Å². The summed E-state index contributed by atoms with van der Waals surface area (Å²) in [6, 6.07) is 0. The Morgan fingerprint density at radius 2 is 1.89 bits per heavy atom. The van der Waals surface area contributed by atoms with Crippen molar-refractivity contribution in [2.24, 2.45) is 17.3 Å². The highest BCUT2D eigenvalue weighted by atomic mass is 16.3. The van der Waals surface area contributed by atoms with E-state index in [0.717, 1.165) is 25.7 Å². The van der Waals surface area contributed by atoms with Crippen LogP contribution in [0.5, 0.6) is 0 Å². The second kappa shape index (κ2) is 4.17. The maximum Gasteiger partial charge on any atom is 0.155 e. The molecule has 100 valence electrons. The third kappa shape index (κ3) is 1.68. The molecule has 3 rings (SSSR count). The van der Waals surface area contributed by atoms with Gasteiger partial charge in [-0.2, -0.15) is 0 Å². The fraction of sp³-hybridized carbons (Fsp3) is 0.800. The number of ketones is 1. The minimum absolute atomic E-state index is 0.0718. The van der Waals surface area contributed by atoms with Crippen LogP contribution in [-0.4, -0.2) is 28.2 Å². The highest BCUT2D eigenvalue weighted by Gasteiger charge is 2.53. The molecule has 0 unspecified atom stereocenters. The summed E-state index contributed by atoms with van der Waals surface area (Å²) in [5.41, 5.74) is 1.14. The van der Waals surface area contributed by atoms with Crippen molar-refractivity contribution in [2.45, 2.75) is 57.7 Å². The average molecular weight is 250 g/mol. The third-order valence-corrected chi connectivity index (χ3v) is 5.57. The quantitative estimate of drug-likeness (QED) is 0.689. The fourth-order valence-electron chi connectivity index (χ4n) is 4.56. The van der Waals surface area contributed by atoms with Crippen molar-refractivity contribution < 1.29 is 15.0 Å². The van der Waals surface area contributed by atoms with Crippen LogP contribution in [0.15, 0.2) is 11.6 Å². The summed E-state index contributed by atoms with van der Waals surface area (Å²) in [6.45, 7) is 2.18. The van der Waals surface area contributed by atoms with E-state index in [-0.39, 0.29) is 35.2 Å². The number of fused-ring (bicyclic) bond motifs is 3. The van der Waals surface area contributed by atoms with Gasteiger partial charge in [0.25, 0.3) is 0 Å². The minimum atomic E-state index is -0.319.